The molecule has 0 spiro atoms. The Morgan fingerprint density at radius 3 is 2.42 bits per heavy atom. The van der Waals surface area contributed by atoms with Gasteiger partial charge < -0.3 is 4.57 Å². The second-order valence-electron chi connectivity index (χ2n) is 6.91. The Morgan fingerprint density at radius 1 is 1.00 bits per heavy atom. The first-order valence-electron chi connectivity index (χ1n) is 8.87. The van der Waals surface area contributed by atoms with Crippen LogP contribution >= 0.6 is 0 Å². The van der Waals surface area contributed by atoms with Crippen LogP contribution in [0.5, 0.6) is 0 Å². The van der Waals surface area contributed by atoms with Crippen molar-refractivity contribution in [2.75, 3.05) is 0 Å². The standard InChI is InChI=1S/C22H23NO/c1-15(24)21-14-23(2)22-18-12-8-4-7-11-17(18)19(13-20(21)22)16-9-5-3-6-10-16/h3,5-6,9-10,13-14H,4,7-8,11-12H2,1-2H3. The number of ketones is 1. The van der Waals surface area contributed by atoms with E-state index in [0.717, 1.165) is 23.8 Å². The van der Waals surface area contributed by atoms with Crippen LogP contribution in [0.1, 0.15) is 47.7 Å². The molecule has 24 heavy (non-hydrogen) atoms. The lowest BCUT2D eigenvalue weighted by molar-refractivity contribution is 0.101. The van der Waals surface area contributed by atoms with Crippen LogP contribution in [-0.2, 0) is 19.9 Å². The third kappa shape index (κ3) is 2.37. The summed E-state index contributed by atoms with van der Waals surface area (Å²) in [6, 6.07) is 12.9. The van der Waals surface area contributed by atoms with E-state index in [1.54, 1.807) is 6.92 Å². The number of aromatic nitrogens is 1. The number of carbonyl (C=O) groups is 1. The molecule has 0 amide bonds. The van der Waals surface area contributed by atoms with Gasteiger partial charge in [0.1, 0.15) is 0 Å². The molecule has 1 heterocycles. The summed E-state index contributed by atoms with van der Waals surface area (Å²) in [5, 5.41) is 1.12. The number of Topliss-reactive ketones (excluding diaryl/α,β-unsaturated/α-hetero) is 1. The Labute approximate surface area is 143 Å². The van der Waals surface area contributed by atoms with Crippen LogP contribution in [0.3, 0.4) is 0 Å². The van der Waals surface area contributed by atoms with E-state index in [2.05, 4.69) is 48.0 Å². The average molecular weight is 317 g/mol. The number of aryl methyl sites for hydroxylation is 2. The maximum atomic E-state index is 12.1. The zero-order valence-corrected chi connectivity index (χ0v) is 14.4. The quantitative estimate of drug-likeness (QED) is 0.463. The number of hydrogen-bond acceptors (Lipinski definition) is 1. The summed E-state index contributed by atoms with van der Waals surface area (Å²) < 4.78 is 2.16. The van der Waals surface area contributed by atoms with E-state index in [9.17, 15) is 4.79 Å². The van der Waals surface area contributed by atoms with E-state index in [0.29, 0.717) is 0 Å². The van der Waals surface area contributed by atoms with Gasteiger partial charge in [0, 0.05) is 24.2 Å². The third-order valence-electron chi connectivity index (χ3n) is 5.30. The van der Waals surface area contributed by atoms with Crippen molar-refractivity contribution < 1.29 is 4.79 Å². The molecule has 2 aromatic carbocycles. The monoisotopic (exact) mass is 317 g/mol. The van der Waals surface area contributed by atoms with Crippen LogP contribution in [0.25, 0.3) is 22.0 Å². The first kappa shape index (κ1) is 15.2. The maximum Gasteiger partial charge on any atom is 0.161 e. The molecule has 3 aromatic rings. The smallest absolute Gasteiger partial charge is 0.161 e. The summed E-state index contributed by atoms with van der Waals surface area (Å²) in [5.74, 6) is 0.146. The molecule has 0 fully saturated rings. The van der Waals surface area contributed by atoms with Crippen molar-refractivity contribution in [1.29, 1.82) is 0 Å². The zero-order chi connectivity index (χ0) is 16.7. The lowest BCUT2D eigenvalue weighted by Gasteiger charge is -2.16. The molecule has 0 radical (unpaired) electrons. The van der Waals surface area contributed by atoms with Crippen molar-refractivity contribution in [1.82, 2.24) is 4.57 Å². The minimum Gasteiger partial charge on any atom is -0.350 e. The minimum absolute atomic E-state index is 0.146. The highest BCUT2D eigenvalue weighted by Crippen LogP contribution is 2.38. The van der Waals surface area contributed by atoms with E-state index in [1.807, 2.05) is 6.20 Å². The Balaban J connectivity index is 2.10. The van der Waals surface area contributed by atoms with Gasteiger partial charge in [-0.2, -0.15) is 0 Å². The summed E-state index contributed by atoms with van der Waals surface area (Å²) in [5.41, 5.74) is 7.62. The Hall–Kier alpha value is -2.35. The lowest BCUT2D eigenvalue weighted by Crippen LogP contribution is -2.00. The van der Waals surface area contributed by atoms with Gasteiger partial charge in [0.05, 0.1) is 5.52 Å². The van der Waals surface area contributed by atoms with E-state index >= 15 is 0 Å². The molecule has 1 aromatic heterocycles. The lowest BCUT2D eigenvalue weighted by atomic mass is 9.89. The Kier molecular flexibility index (Phi) is 3.76. The van der Waals surface area contributed by atoms with Crippen LogP contribution in [0, 0.1) is 0 Å². The predicted octanol–water partition coefficient (Wildman–Crippen LogP) is 5.32. The molecule has 1 aliphatic carbocycles. The average Bonchev–Trinajstić information content (AvgIpc) is 2.77. The normalized spacial score (nSPS) is 14.4. The third-order valence-corrected chi connectivity index (χ3v) is 5.30. The molecule has 2 heteroatoms. The number of hydrogen-bond donors (Lipinski definition) is 0. The second kappa shape index (κ2) is 5.94. The van der Waals surface area contributed by atoms with E-state index in [1.165, 1.54) is 47.0 Å². The largest absolute Gasteiger partial charge is 0.350 e. The van der Waals surface area contributed by atoms with Crippen molar-refractivity contribution >= 4 is 16.7 Å². The second-order valence-corrected chi connectivity index (χ2v) is 6.91. The highest BCUT2D eigenvalue weighted by molar-refractivity contribution is 6.09. The predicted molar refractivity (Wildman–Crippen MR) is 99.6 cm³/mol. The summed E-state index contributed by atoms with van der Waals surface area (Å²) in [6.45, 7) is 1.67. The number of nitrogens with zero attached hydrogens (tertiary/aromatic N) is 1. The first-order valence-corrected chi connectivity index (χ1v) is 8.87. The molecular formula is C22H23NO. The number of fused-ring (bicyclic) bond motifs is 3. The van der Waals surface area contributed by atoms with Gasteiger partial charge >= 0.3 is 0 Å². The molecule has 0 unspecified atom stereocenters. The highest BCUT2D eigenvalue weighted by Gasteiger charge is 2.21. The molecule has 0 bridgehead atoms. The van der Waals surface area contributed by atoms with Crippen molar-refractivity contribution in [3.05, 3.63) is 59.3 Å². The molecule has 2 nitrogen and oxygen atoms in total. The van der Waals surface area contributed by atoms with E-state index in [-0.39, 0.29) is 5.78 Å². The van der Waals surface area contributed by atoms with Crippen LogP contribution in [0.15, 0.2) is 42.6 Å². The molecule has 0 atom stereocenters. The molecule has 0 saturated carbocycles. The molecular weight excluding hydrogens is 294 g/mol. The summed E-state index contributed by atoms with van der Waals surface area (Å²) >= 11 is 0. The summed E-state index contributed by atoms with van der Waals surface area (Å²) in [4.78, 5) is 12.1. The molecule has 0 N–H and O–H groups in total. The minimum atomic E-state index is 0.146. The van der Waals surface area contributed by atoms with Crippen molar-refractivity contribution in [2.45, 2.75) is 39.0 Å². The van der Waals surface area contributed by atoms with Gasteiger partial charge in [0.15, 0.2) is 5.78 Å². The van der Waals surface area contributed by atoms with Crippen molar-refractivity contribution in [3.63, 3.8) is 0 Å². The molecule has 122 valence electrons. The van der Waals surface area contributed by atoms with Crippen LogP contribution in [0.4, 0.5) is 0 Å². The fourth-order valence-electron chi connectivity index (χ4n) is 4.19. The molecule has 1 aliphatic rings. The maximum absolute atomic E-state index is 12.1. The number of benzene rings is 2. The highest BCUT2D eigenvalue weighted by atomic mass is 16.1. The van der Waals surface area contributed by atoms with E-state index in [4.69, 9.17) is 0 Å². The van der Waals surface area contributed by atoms with Gasteiger partial charge in [-0.05, 0) is 60.9 Å². The van der Waals surface area contributed by atoms with Crippen LogP contribution in [0.2, 0.25) is 0 Å². The fourth-order valence-corrected chi connectivity index (χ4v) is 4.19. The van der Waals surface area contributed by atoms with Gasteiger partial charge in [0.2, 0.25) is 0 Å². The Bertz CT molecular complexity index is 918. The van der Waals surface area contributed by atoms with Gasteiger partial charge in [-0.1, -0.05) is 36.8 Å². The zero-order valence-electron chi connectivity index (χ0n) is 14.4. The van der Waals surface area contributed by atoms with Crippen LogP contribution in [-0.4, -0.2) is 10.4 Å². The van der Waals surface area contributed by atoms with Gasteiger partial charge in [0.25, 0.3) is 0 Å². The molecule has 0 aliphatic heterocycles. The van der Waals surface area contributed by atoms with Crippen molar-refractivity contribution in [3.8, 4) is 11.1 Å². The SMILES string of the molecule is CC(=O)c1cn(C)c2c3c(c(-c4ccccc4)cc12)CCCCC3. The molecule has 0 saturated heterocycles. The van der Waals surface area contributed by atoms with Crippen molar-refractivity contribution in [2.24, 2.45) is 7.05 Å². The molecule has 4 rings (SSSR count). The Morgan fingerprint density at radius 2 is 1.71 bits per heavy atom. The van der Waals surface area contributed by atoms with Crippen LogP contribution < -0.4 is 0 Å². The van der Waals surface area contributed by atoms with Gasteiger partial charge in [-0.15, -0.1) is 0 Å². The number of carbonyl (C=O) groups excluding carboxylic acids is 1. The fraction of sp³-hybridized carbons (Fsp3) is 0.318. The first-order chi connectivity index (χ1) is 11.7. The van der Waals surface area contributed by atoms with Gasteiger partial charge in [-0.25, -0.2) is 0 Å². The number of rotatable bonds is 2. The topological polar surface area (TPSA) is 22.0 Å². The summed E-state index contributed by atoms with van der Waals surface area (Å²) in [7, 11) is 2.07. The summed E-state index contributed by atoms with van der Waals surface area (Å²) in [6.07, 6.45) is 8.03. The van der Waals surface area contributed by atoms with E-state index < -0.39 is 0 Å². The van der Waals surface area contributed by atoms with Gasteiger partial charge in [-0.3, -0.25) is 4.79 Å².